The fourth-order valence-electron chi connectivity index (χ4n) is 2.48. The van der Waals surface area contributed by atoms with Gasteiger partial charge in [-0.3, -0.25) is 9.59 Å². The molecular formula is C16H26O5. The van der Waals surface area contributed by atoms with Crippen molar-refractivity contribution in [3.63, 3.8) is 0 Å². The van der Waals surface area contributed by atoms with Gasteiger partial charge in [0, 0.05) is 6.42 Å². The first-order valence-corrected chi connectivity index (χ1v) is 7.63. The van der Waals surface area contributed by atoms with Crippen molar-refractivity contribution >= 4 is 11.8 Å². The van der Waals surface area contributed by atoms with E-state index < -0.39 is 5.60 Å². The van der Waals surface area contributed by atoms with E-state index in [2.05, 4.69) is 11.7 Å². The summed E-state index contributed by atoms with van der Waals surface area (Å²) in [6.07, 6.45) is 6.05. The van der Waals surface area contributed by atoms with E-state index in [9.17, 15) is 9.59 Å². The van der Waals surface area contributed by atoms with Gasteiger partial charge in [-0.05, 0) is 30.9 Å². The quantitative estimate of drug-likeness (QED) is 0.411. The largest absolute Gasteiger partial charge is 0.469 e. The van der Waals surface area contributed by atoms with Crippen molar-refractivity contribution in [2.45, 2.75) is 64.6 Å². The third-order valence-electron chi connectivity index (χ3n) is 4.11. The molecule has 21 heavy (non-hydrogen) atoms. The zero-order valence-electron chi connectivity index (χ0n) is 13.4. The van der Waals surface area contributed by atoms with Crippen molar-refractivity contribution < 1.29 is 24.1 Å². The first kappa shape index (κ1) is 17.9. The first-order chi connectivity index (χ1) is 10.00. The molecule has 0 aliphatic carbocycles. The maximum Gasteiger partial charge on any atom is 0.308 e. The first-order valence-electron chi connectivity index (χ1n) is 7.63. The molecule has 5 heteroatoms. The molecule has 0 spiro atoms. The van der Waals surface area contributed by atoms with Crippen LogP contribution in [0, 0.1) is 5.92 Å². The van der Waals surface area contributed by atoms with Gasteiger partial charge in [-0.2, -0.15) is 0 Å². The Kier molecular flexibility index (Phi) is 7.05. The predicted molar refractivity (Wildman–Crippen MR) is 78.4 cm³/mol. The van der Waals surface area contributed by atoms with Gasteiger partial charge in [0.2, 0.25) is 0 Å². The van der Waals surface area contributed by atoms with E-state index in [-0.39, 0.29) is 30.2 Å². The standard InChI is InChI=1S/C16H26O5/c1-5-12-11-16(7-3,9-8-13(17)6-2)21-20-14(12)10-15(18)19-4/h8-9,12,14H,5-7,10-11H2,1-4H3. The molecule has 1 heterocycles. The fourth-order valence-corrected chi connectivity index (χ4v) is 2.48. The number of allylic oxidation sites excluding steroid dienone is 1. The molecule has 3 unspecified atom stereocenters. The Balaban J connectivity index is 2.78. The van der Waals surface area contributed by atoms with Crippen molar-refractivity contribution in [3.05, 3.63) is 12.2 Å². The maximum absolute atomic E-state index is 11.5. The average Bonchev–Trinajstić information content (AvgIpc) is 2.53. The Morgan fingerprint density at radius 1 is 1.33 bits per heavy atom. The van der Waals surface area contributed by atoms with Crippen LogP contribution in [0.2, 0.25) is 0 Å². The maximum atomic E-state index is 11.5. The summed E-state index contributed by atoms with van der Waals surface area (Å²) in [5, 5.41) is 0. The number of hydrogen-bond acceptors (Lipinski definition) is 5. The van der Waals surface area contributed by atoms with Crippen LogP contribution in [0.1, 0.15) is 52.9 Å². The Labute approximate surface area is 126 Å². The summed E-state index contributed by atoms with van der Waals surface area (Å²) in [4.78, 5) is 33.9. The monoisotopic (exact) mass is 298 g/mol. The van der Waals surface area contributed by atoms with E-state index >= 15 is 0 Å². The normalized spacial score (nSPS) is 29.5. The second-order valence-corrected chi connectivity index (χ2v) is 5.44. The van der Waals surface area contributed by atoms with E-state index in [1.165, 1.54) is 7.11 Å². The number of methoxy groups -OCH3 is 1. The number of rotatable bonds is 7. The van der Waals surface area contributed by atoms with Crippen LogP contribution in [-0.2, 0) is 24.1 Å². The molecule has 0 aromatic carbocycles. The van der Waals surface area contributed by atoms with Crippen molar-refractivity contribution in [1.29, 1.82) is 0 Å². The van der Waals surface area contributed by atoms with E-state index in [1.54, 1.807) is 12.2 Å². The van der Waals surface area contributed by atoms with E-state index in [4.69, 9.17) is 9.78 Å². The topological polar surface area (TPSA) is 61.8 Å². The zero-order valence-corrected chi connectivity index (χ0v) is 13.4. The van der Waals surface area contributed by atoms with Gasteiger partial charge < -0.3 is 4.74 Å². The number of carbonyl (C=O) groups excluding carboxylic acids is 2. The third kappa shape index (κ3) is 4.93. The molecule has 3 atom stereocenters. The molecular weight excluding hydrogens is 272 g/mol. The van der Waals surface area contributed by atoms with Crippen molar-refractivity contribution in [1.82, 2.24) is 0 Å². The summed E-state index contributed by atoms with van der Waals surface area (Å²) >= 11 is 0. The van der Waals surface area contributed by atoms with E-state index in [1.807, 2.05) is 13.8 Å². The molecule has 0 bridgehead atoms. The van der Waals surface area contributed by atoms with Gasteiger partial charge in [-0.25, -0.2) is 9.78 Å². The molecule has 0 saturated carbocycles. The number of hydrogen-bond donors (Lipinski definition) is 0. The van der Waals surface area contributed by atoms with Crippen molar-refractivity contribution in [2.75, 3.05) is 7.11 Å². The highest BCUT2D eigenvalue weighted by Gasteiger charge is 2.41. The van der Waals surface area contributed by atoms with Crippen LogP contribution in [0.5, 0.6) is 0 Å². The molecule has 0 N–H and O–H groups in total. The van der Waals surface area contributed by atoms with Gasteiger partial charge in [0.1, 0.15) is 11.7 Å². The van der Waals surface area contributed by atoms with Crippen LogP contribution in [0.4, 0.5) is 0 Å². The van der Waals surface area contributed by atoms with Gasteiger partial charge in [0.05, 0.1) is 13.5 Å². The van der Waals surface area contributed by atoms with Crippen LogP contribution in [0.3, 0.4) is 0 Å². The minimum Gasteiger partial charge on any atom is -0.469 e. The molecule has 1 saturated heterocycles. The average molecular weight is 298 g/mol. The molecule has 0 aromatic rings. The Hall–Kier alpha value is -1.20. The second kappa shape index (κ2) is 8.29. The molecule has 1 rings (SSSR count). The summed E-state index contributed by atoms with van der Waals surface area (Å²) in [6, 6.07) is 0. The van der Waals surface area contributed by atoms with Crippen LogP contribution in [0.15, 0.2) is 12.2 Å². The molecule has 0 amide bonds. The molecule has 120 valence electrons. The van der Waals surface area contributed by atoms with Crippen molar-refractivity contribution in [2.24, 2.45) is 5.92 Å². The molecule has 1 fully saturated rings. The van der Waals surface area contributed by atoms with E-state index in [0.29, 0.717) is 12.8 Å². The third-order valence-corrected chi connectivity index (χ3v) is 4.11. The van der Waals surface area contributed by atoms with Crippen LogP contribution >= 0.6 is 0 Å². The lowest BCUT2D eigenvalue weighted by Crippen LogP contribution is -2.44. The van der Waals surface area contributed by atoms with Gasteiger partial charge in [-0.15, -0.1) is 0 Å². The zero-order chi connectivity index (χ0) is 15.9. The molecule has 1 aliphatic heterocycles. The summed E-state index contributed by atoms with van der Waals surface area (Å²) in [5.41, 5.74) is -0.585. The molecule has 1 aliphatic rings. The van der Waals surface area contributed by atoms with Gasteiger partial charge in [0.15, 0.2) is 5.78 Å². The minimum atomic E-state index is -0.585. The van der Waals surface area contributed by atoms with Crippen LogP contribution in [0.25, 0.3) is 0 Å². The Bertz CT molecular complexity index is 390. The Morgan fingerprint density at radius 3 is 2.57 bits per heavy atom. The highest BCUT2D eigenvalue weighted by molar-refractivity contribution is 5.89. The van der Waals surface area contributed by atoms with Gasteiger partial charge in [-0.1, -0.05) is 27.2 Å². The van der Waals surface area contributed by atoms with Crippen LogP contribution in [-0.4, -0.2) is 30.6 Å². The summed E-state index contributed by atoms with van der Waals surface area (Å²) in [7, 11) is 1.36. The predicted octanol–water partition coefficient (Wildman–Crippen LogP) is 2.98. The molecule has 0 radical (unpaired) electrons. The summed E-state index contributed by atoms with van der Waals surface area (Å²) in [6.45, 7) is 5.88. The summed E-state index contributed by atoms with van der Waals surface area (Å²) < 4.78 is 4.68. The fraction of sp³-hybridized carbons (Fsp3) is 0.750. The van der Waals surface area contributed by atoms with Gasteiger partial charge >= 0.3 is 5.97 Å². The molecule has 5 nitrogen and oxygen atoms in total. The molecule has 0 aromatic heterocycles. The number of esters is 1. The van der Waals surface area contributed by atoms with E-state index in [0.717, 1.165) is 12.8 Å². The SMILES string of the molecule is CCC(=O)C=CC1(CC)CC(CC)C(CC(=O)OC)OO1. The lowest BCUT2D eigenvalue weighted by atomic mass is 9.81. The minimum absolute atomic E-state index is 0.0659. The lowest BCUT2D eigenvalue weighted by molar-refractivity contribution is -0.409. The van der Waals surface area contributed by atoms with Crippen molar-refractivity contribution in [3.8, 4) is 0 Å². The highest BCUT2D eigenvalue weighted by atomic mass is 17.2. The number of ether oxygens (including phenoxy) is 1. The number of ketones is 1. The lowest BCUT2D eigenvalue weighted by Gasteiger charge is -2.40. The smallest absolute Gasteiger partial charge is 0.308 e. The summed E-state index contributed by atoms with van der Waals surface area (Å²) in [5.74, 6) is -0.0434. The number of carbonyl (C=O) groups is 2. The van der Waals surface area contributed by atoms with Gasteiger partial charge in [0.25, 0.3) is 0 Å². The Morgan fingerprint density at radius 2 is 2.05 bits per heavy atom. The highest BCUT2D eigenvalue weighted by Crippen LogP contribution is 2.37. The second-order valence-electron chi connectivity index (χ2n) is 5.44. The van der Waals surface area contributed by atoms with Crippen LogP contribution < -0.4 is 0 Å².